The van der Waals surface area contributed by atoms with Crippen LogP contribution in [-0.2, 0) is 9.84 Å². The van der Waals surface area contributed by atoms with E-state index in [0.29, 0.717) is 38.3 Å². The molecule has 24 heavy (non-hydrogen) atoms. The van der Waals surface area contributed by atoms with Crippen molar-refractivity contribution in [3.63, 3.8) is 0 Å². The second-order valence-electron chi connectivity index (χ2n) is 6.84. The summed E-state index contributed by atoms with van der Waals surface area (Å²) in [6, 6.07) is 0.108. The predicted octanol–water partition coefficient (Wildman–Crippen LogP) is 1.24. The summed E-state index contributed by atoms with van der Waals surface area (Å²) in [5.74, 6) is 0.719. The molecule has 3 heterocycles. The molecule has 0 saturated carbocycles. The molecule has 3 rings (SSSR count). The van der Waals surface area contributed by atoms with Crippen LogP contribution < -0.4 is 0 Å². The van der Waals surface area contributed by atoms with Crippen LogP contribution in [0.4, 0.5) is 0 Å². The topological polar surface area (TPSA) is 86.4 Å². The maximum Gasteiger partial charge on any atom is 0.275 e. The monoisotopic (exact) mass is 418 g/mol. The van der Waals surface area contributed by atoms with Gasteiger partial charge in [-0.15, -0.1) is 0 Å². The molecular weight excluding hydrogens is 396 g/mol. The lowest BCUT2D eigenvalue weighted by atomic mass is 10.1. The number of carbonyl (C=O) groups is 1. The van der Waals surface area contributed by atoms with Crippen LogP contribution in [0.2, 0.25) is 0 Å². The van der Waals surface area contributed by atoms with E-state index in [4.69, 9.17) is 0 Å². The van der Waals surface area contributed by atoms with Crippen LogP contribution in [0.25, 0.3) is 0 Å². The van der Waals surface area contributed by atoms with Crippen molar-refractivity contribution in [1.82, 2.24) is 20.0 Å². The number of nitrogens with one attached hydrogen (secondary N) is 1. The number of H-pyrrole nitrogens is 1. The van der Waals surface area contributed by atoms with Crippen LogP contribution in [-0.4, -0.2) is 78.0 Å². The van der Waals surface area contributed by atoms with Gasteiger partial charge in [0, 0.05) is 32.2 Å². The van der Waals surface area contributed by atoms with Crippen LogP contribution in [0.15, 0.2) is 4.47 Å². The minimum atomic E-state index is -2.87. The first-order chi connectivity index (χ1) is 11.3. The second-order valence-corrected chi connectivity index (χ2v) is 9.86. The molecule has 1 aromatic heterocycles. The molecular formula is C15H23BrN4O3S. The Morgan fingerprint density at radius 1 is 1.29 bits per heavy atom. The van der Waals surface area contributed by atoms with Crippen molar-refractivity contribution in [1.29, 1.82) is 0 Å². The Labute approximate surface area is 150 Å². The molecule has 2 fully saturated rings. The van der Waals surface area contributed by atoms with Gasteiger partial charge in [0.25, 0.3) is 5.91 Å². The van der Waals surface area contributed by atoms with Gasteiger partial charge in [-0.3, -0.25) is 14.8 Å². The molecule has 1 N–H and O–H groups in total. The fourth-order valence-electron chi connectivity index (χ4n) is 3.37. The highest BCUT2D eigenvalue weighted by molar-refractivity contribution is 9.10. The maximum absolute atomic E-state index is 12.7. The van der Waals surface area contributed by atoms with Crippen LogP contribution in [0.3, 0.4) is 0 Å². The Morgan fingerprint density at radius 2 is 1.96 bits per heavy atom. The third-order valence-corrected chi connectivity index (χ3v) is 7.39. The van der Waals surface area contributed by atoms with Crippen molar-refractivity contribution < 1.29 is 13.2 Å². The summed E-state index contributed by atoms with van der Waals surface area (Å²) in [5, 5.41) is 7.11. The number of rotatable bonds is 3. The highest BCUT2D eigenvalue weighted by Gasteiger charge is 2.35. The standard InChI is InChI=1S/C15H23BrN4O3S/c1-10(2)13-12(16)14(18-17-13)15(21)20-6-4-19(5-7-20)11-3-8-24(22,23)9-11/h10-11H,3-9H2,1-2H3,(H,17,18). The minimum Gasteiger partial charge on any atom is -0.335 e. The number of carbonyl (C=O) groups excluding carboxylic acids is 1. The van der Waals surface area contributed by atoms with Gasteiger partial charge >= 0.3 is 0 Å². The van der Waals surface area contributed by atoms with E-state index in [-0.39, 0.29) is 29.4 Å². The zero-order chi connectivity index (χ0) is 17.5. The van der Waals surface area contributed by atoms with Crippen molar-refractivity contribution in [2.75, 3.05) is 37.7 Å². The van der Waals surface area contributed by atoms with E-state index in [0.717, 1.165) is 10.2 Å². The molecule has 0 aliphatic carbocycles. The van der Waals surface area contributed by atoms with Gasteiger partial charge in [0.05, 0.1) is 21.7 Å². The third-order valence-electron chi connectivity index (χ3n) is 4.84. The van der Waals surface area contributed by atoms with Crippen molar-refractivity contribution in [3.8, 4) is 0 Å². The highest BCUT2D eigenvalue weighted by atomic mass is 79.9. The average Bonchev–Trinajstić information content (AvgIpc) is 3.09. The van der Waals surface area contributed by atoms with Crippen LogP contribution >= 0.6 is 15.9 Å². The first-order valence-electron chi connectivity index (χ1n) is 8.26. The Bertz CT molecular complexity index is 723. The number of halogens is 1. The van der Waals surface area contributed by atoms with Crippen LogP contribution in [0, 0.1) is 0 Å². The Balaban J connectivity index is 1.61. The first kappa shape index (κ1) is 17.9. The predicted molar refractivity (Wildman–Crippen MR) is 94.9 cm³/mol. The van der Waals surface area contributed by atoms with E-state index in [2.05, 4.69) is 31.0 Å². The van der Waals surface area contributed by atoms with Gasteiger partial charge in [-0.25, -0.2) is 8.42 Å². The van der Waals surface area contributed by atoms with Gasteiger partial charge < -0.3 is 4.90 Å². The molecule has 2 saturated heterocycles. The molecule has 1 aromatic rings. The van der Waals surface area contributed by atoms with Gasteiger partial charge in [0.15, 0.2) is 15.5 Å². The van der Waals surface area contributed by atoms with E-state index >= 15 is 0 Å². The zero-order valence-corrected chi connectivity index (χ0v) is 16.4. The molecule has 0 spiro atoms. The molecule has 0 radical (unpaired) electrons. The number of hydrogen-bond acceptors (Lipinski definition) is 5. The van der Waals surface area contributed by atoms with Crippen molar-refractivity contribution in [3.05, 3.63) is 15.9 Å². The van der Waals surface area contributed by atoms with Gasteiger partial charge in [-0.1, -0.05) is 13.8 Å². The van der Waals surface area contributed by atoms with Gasteiger partial charge in [0.1, 0.15) is 0 Å². The summed E-state index contributed by atoms with van der Waals surface area (Å²) in [6.07, 6.45) is 0.707. The van der Waals surface area contributed by atoms with Crippen LogP contribution in [0.1, 0.15) is 42.4 Å². The number of hydrogen-bond donors (Lipinski definition) is 1. The summed E-state index contributed by atoms with van der Waals surface area (Å²) in [7, 11) is -2.87. The molecule has 2 aliphatic rings. The Kier molecular flexibility index (Phi) is 5.04. The lowest BCUT2D eigenvalue weighted by Crippen LogP contribution is -2.52. The lowest BCUT2D eigenvalue weighted by Gasteiger charge is -2.37. The number of piperazine rings is 1. The van der Waals surface area contributed by atoms with E-state index in [1.54, 1.807) is 4.90 Å². The quantitative estimate of drug-likeness (QED) is 0.797. The number of aromatic nitrogens is 2. The molecule has 0 bridgehead atoms. The molecule has 9 heteroatoms. The number of amides is 1. The number of sulfone groups is 1. The van der Waals surface area contributed by atoms with Crippen LogP contribution in [0.5, 0.6) is 0 Å². The fraction of sp³-hybridized carbons (Fsp3) is 0.733. The normalized spacial score (nSPS) is 24.7. The molecule has 0 aromatic carbocycles. The van der Waals surface area contributed by atoms with Gasteiger partial charge in [0.2, 0.25) is 0 Å². The molecule has 1 unspecified atom stereocenters. The molecule has 134 valence electrons. The summed E-state index contributed by atoms with van der Waals surface area (Å²) in [4.78, 5) is 16.7. The maximum atomic E-state index is 12.7. The summed E-state index contributed by atoms with van der Waals surface area (Å²) < 4.78 is 24.0. The van der Waals surface area contributed by atoms with Gasteiger partial charge in [-0.2, -0.15) is 5.10 Å². The Hall–Kier alpha value is -0.930. The van der Waals surface area contributed by atoms with E-state index in [9.17, 15) is 13.2 Å². The zero-order valence-electron chi connectivity index (χ0n) is 14.0. The number of aromatic amines is 1. The fourth-order valence-corrected chi connectivity index (χ4v) is 5.94. The van der Waals surface area contributed by atoms with E-state index in [1.165, 1.54) is 0 Å². The van der Waals surface area contributed by atoms with E-state index < -0.39 is 9.84 Å². The molecule has 7 nitrogen and oxygen atoms in total. The highest BCUT2D eigenvalue weighted by Crippen LogP contribution is 2.27. The molecule has 1 amide bonds. The van der Waals surface area contributed by atoms with Crippen molar-refractivity contribution in [2.45, 2.75) is 32.2 Å². The number of nitrogens with zero attached hydrogens (tertiary/aromatic N) is 3. The van der Waals surface area contributed by atoms with Crippen molar-refractivity contribution >= 4 is 31.7 Å². The Morgan fingerprint density at radius 3 is 2.46 bits per heavy atom. The smallest absolute Gasteiger partial charge is 0.275 e. The van der Waals surface area contributed by atoms with Crippen molar-refractivity contribution in [2.24, 2.45) is 0 Å². The average molecular weight is 419 g/mol. The minimum absolute atomic E-state index is 0.0799. The summed E-state index contributed by atoms with van der Waals surface area (Å²) >= 11 is 3.48. The summed E-state index contributed by atoms with van der Waals surface area (Å²) in [6.45, 7) is 6.72. The third kappa shape index (κ3) is 3.52. The summed E-state index contributed by atoms with van der Waals surface area (Å²) in [5.41, 5.74) is 1.35. The van der Waals surface area contributed by atoms with E-state index in [1.807, 2.05) is 13.8 Å². The molecule has 2 aliphatic heterocycles. The SMILES string of the molecule is CC(C)c1[nH]nc(C(=O)N2CCN(C3CCS(=O)(=O)C3)CC2)c1Br. The lowest BCUT2D eigenvalue weighted by molar-refractivity contribution is 0.0581. The van der Waals surface area contributed by atoms with Gasteiger partial charge in [-0.05, 0) is 28.3 Å². The largest absolute Gasteiger partial charge is 0.335 e. The second kappa shape index (κ2) is 6.76. The first-order valence-corrected chi connectivity index (χ1v) is 10.9. The molecule has 1 atom stereocenters.